The smallest absolute Gasteiger partial charge is 0.226 e. The summed E-state index contributed by atoms with van der Waals surface area (Å²) in [6, 6.07) is 8.14. The zero-order valence-corrected chi connectivity index (χ0v) is 12.9. The van der Waals surface area contributed by atoms with Crippen LogP contribution in [0, 0.1) is 5.92 Å². The molecular formula is C17H22N4O. The van der Waals surface area contributed by atoms with Gasteiger partial charge in [0.15, 0.2) is 0 Å². The fourth-order valence-electron chi connectivity index (χ4n) is 2.97. The van der Waals surface area contributed by atoms with Crippen molar-refractivity contribution in [2.75, 3.05) is 20.1 Å². The second kappa shape index (κ2) is 6.75. The van der Waals surface area contributed by atoms with Gasteiger partial charge in [0, 0.05) is 50.5 Å². The van der Waals surface area contributed by atoms with E-state index < -0.39 is 0 Å². The summed E-state index contributed by atoms with van der Waals surface area (Å²) < 4.78 is 2.19. The number of rotatable bonds is 4. The summed E-state index contributed by atoms with van der Waals surface area (Å²) in [4.78, 5) is 18.7. The van der Waals surface area contributed by atoms with Crippen LogP contribution in [0.3, 0.4) is 0 Å². The number of hydrogen-bond acceptors (Lipinski definition) is 3. The Kier molecular flexibility index (Phi) is 4.53. The van der Waals surface area contributed by atoms with Crippen molar-refractivity contribution in [1.82, 2.24) is 19.8 Å². The van der Waals surface area contributed by atoms with E-state index in [0.29, 0.717) is 6.54 Å². The Morgan fingerprint density at radius 2 is 2.14 bits per heavy atom. The molecule has 0 unspecified atom stereocenters. The van der Waals surface area contributed by atoms with E-state index in [0.717, 1.165) is 26.1 Å². The topological polar surface area (TPSA) is 50.2 Å². The molecular weight excluding hydrogens is 276 g/mol. The van der Waals surface area contributed by atoms with Crippen molar-refractivity contribution in [3.8, 4) is 0 Å². The Bertz CT molecular complexity index is 623. The molecule has 0 spiro atoms. The van der Waals surface area contributed by atoms with E-state index in [4.69, 9.17) is 0 Å². The fraction of sp³-hybridized carbons (Fsp3) is 0.412. The van der Waals surface area contributed by atoms with Crippen LogP contribution in [0.15, 0.2) is 42.9 Å². The van der Waals surface area contributed by atoms with Crippen molar-refractivity contribution in [1.29, 1.82) is 0 Å². The lowest BCUT2D eigenvalue weighted by Gasteiger charge is -2.19. The van der Waals surface area contributed by atoms with Crippen molar-refractivity contribution < 1.29 is 4.79 Å². The number of aromatic nitrogens is 2. The minimum absolute atomic E-state index is 0.00362. The van der Waals surface area contributed by atoms with Gasteiger partial charge in [-0.15, -0.1) is 0 Å². The Morgan fingerprint density at radius 3 is 2.95 bits per heavy atom. The summed E-state index contributed by atoms with van der Waals surface area (Å²) in [5.74, 6) is 0.138. The highest BCUT2D eigenvalue weighted by atomic mass is 16.1. The van der Waals surface area contributed by atoms with Crippen LogP contribution in [-0.4, -0.2) is 40.5 Å². The summed E-state index contributed by atoms with van der Waals surface area (Å²) in [6.07, 6.45) is 6.47. The van der Waals surface area contributed by atoms with E-state index in [1.807, 2.05) is 18.2 Å². The molecule has 3 heterocycles. The van der Waals surface area contributed by atoms with E-state index in [2.05, 4.69) is 39.1 Å². The molecule has 2 aromatic rings. The van der Waals surface area contributed by atoms with Crippen LogP contribution in [0.4, 0.5) is 0 Å². The monoisotopic (exact) mass is 298 g/mol. The summed E-state index contributed by atoms with van der Waals surface area (Å²) in [6.45, 7) is 3.12. The van der Waals surface area contributed by atoms with Crippen LogP contribution in [-0.2, 0) is 24.3 Å². The average Bonchev–Trinajstić information content (AvgIpc) is 2.87. The molecule has 0 aromatic carbocycles. The molecule has 0 saturated heterocycles. The molecule has 0 radical (unpaired) electrons. The molecule has 0 fully saturated rings. The molecule has 116 valence electrons. The number of nitrogens with one attached hydrogen (secondary N) is 1. The first-order chi connectivity index (χ1) is 10.7. The summed E-state index contributed by atoms with van der Waals surface area (Å²) in [5, 5.41) is 3.07. The van der Waals surface area contributed by atoms with Crippen LogP contribution >= 0.6 is 0 Å². The normalized spacial score (nSPS) is 18.5. The third-order valence-corrected chi connectivity index (χ3v) is 4.14. The number of nitrogens with zero attached hydrogens (tertiary/aromatic N) is 3. The largest absolute Gasteiger partial charge is 0.355 e. The molecule has 3 rings (SSSR count). The molecule has 1 amide bonds. The lowest BCUT2D eigenvalue weighted by atomic mass is 10.1. The van der Waals surface area contributed by atoms with Crippen LogP contribution in [0.25, 0.3) is 0 Å². The fourth-order valence-corrected chi connectivity index (χ4v) is 2.97. The number of pyridine rings is 1. The molecule has 1 atom stereocenters. The van der Waals surface area contributed by atoms with Gasteiger partial charge in [-0.25, -0.2) is 0 Å². The van der Waals surface area contributed by atoms with Gasteiger partial charge in [0.05, 0.1) is 5.92 Å². The van der Waals surface area contributed by atoms with E-state index >= 15 is 0 Å². The van der Waals surface area contributed by atoms with Crippen molar-refractivity contribution in [3.63, 3.8) is 0 Å². The molecule has 0 aliphatic carbocycles. The van der Waals surface area contributed by atoms with E-state index in [-0.39, 0.29) is 11.8 Å². The highest BCUT2D eigenvalue weighted by molar-refractivity contribution is 5.78. The van der Waals surface area contributed by atoms with Crippen molar-refractivity contribution in [3.05, 3.63) is 54.1 Å². The van der Waals surface area contributed by atoms with Gasteiger partial charge in [0.25, 0.3) is 0 Å². The Morgan fingerprint density at radius 1 is 1.32 bits per heavy atom. The van der Waals surface area contributed by atoms with Gasteiger partial charge in [-0.1, -0.05) is 0 Å². The molecule has 0 bridgehead atoms. The van der Waals surface area contributed by atoms with Gasteiger partial charge >= 0.3 is 0 Å². The van der Waals surface area contributed by atoms with E-state index in [1.54, 1.807) is 12.4 Å². The minimum atomic E-state index is -0.00362. The van der Waals surface area contributed by atoms with Gasteiger partial charge in [-0.3, -0.25) is 14.7 Å². The first-order valence-corrected chi connectivity index (χ1v) is 7.71. The summed E-state index contributed by atoms with van der Waals surface area (Å²) in [5.41, 5.74) is 2.47. The maximum Gasteiger partial charge on any atom is 0.226 e. The van der Waals surface area contributed by atoms with Gasteiger partial charge in [-0.2, -0.15) is 0 Å². The third kappa shape index (κ3) is 3.54. The standard InChI is InChI=1S/C17H22N4O/c1-20-11-15(12-21-10-2-3-16(21)13-20)17(22)19-9-6-14-4-7-18-8-5-14/h2-5,7-8,10,15H,6,9,11-13H2,1H3,(H,19,22)/t15-/m1/s1. The maximum atomic E-state index is 12.5. The second-order valence-electron chi connectivity index (χ2n) is 5.94. The molecule has 1 aliphatic rings. The molecule has 1 N–H and O–H groups in total. The quantitative estimate of drug-likeness (QED) is 0.926. The van der Waals surface area contributed by atoms with Crippen LogP contribution in [0.5, 0.6) is 0 Å². The molecule has 1 aliphatic heterocycles. The van der Waals surface area contributed by atoms with Gasteiger partial charge in [0.2, 0.25) is 5.91 Å². The van der Waals surface area contributed by atoms with Crippen LogP contribution < -0.4 is 5.32 Å². The Hall–Kier alpha value is -2.14. The second-order valence-corrected chi connectivity index (χ2v) is 5.94. The van der Waals surface area contributed by atoms with Crippen LogP contribution in [0.1, 0.15) is 11.3 Å². The van der Waals surface area contributed by atoms with Crippen molar-refractivity contribution in [2.45, 2.75) is 19.5 Å². The zero-order valence-electron chi connectivity index (χ0n) is 12.9. The highest BCUT2D eigenvalue weighted by Gasteiger charge is 2.24. The minimum Gasteiger partial charge on any atom is -0.355 e. The molecule has 5 nitrogen and oxygen atoms in total. The predicted molar refractivity (Wildman–Crippen MR) is 85.2 cm³/mol. The van der Waals surface area contributed by atoms with Gasteiger partial charge < -0.3 is 9.88 Å². The predicted octanol–water partition coefficient (Wildman–Crippen LogP) is 1.30. The number of carbonyl (C=O) groups excluding carboxylic acids is 1. The maximum absolute atomic E-state index is 12.5. The molecule has 2 aromatic heterocycles. The van der Waals surface area contributed by atoms with Crippen molar-refractivity contribution in [2.24, 2.45) is 5.92 Å². The lowest BCUT2D eigenvalue weighted by molar-refractivity contribution is -0.125. The number of hydrogen-bond donors (Lipinski definition) is 1. The zero-order chi connectivity index (χ0) is 15.4. The molecule has 0 saturated carbocycles. The van der Waals surface area contributed by atoms with Crippen LogP contribution in [0.2, 0.25) is 0 Å². The molecule has 5 heteroatoms. The summed E-state index contributed by atoms with van der Waals surface area (Å²) >= 11 is 0. The Labute approximate surface area is 131 Å². The third-order valence-electron chi connectivity index (χ3n) is 4.14. The number of carbonyl (C=O) groups is 1. The SMILES string of the molecule is CN1Cc2cccn2C[C@H](C(=O)NCCc2ccncc2)C1. The first kappa shape index (κ1) is 14.8. The van der Waals surface area contributed by atoms with E-state index in [1.165, 1.54) is 11.3 Å². The molecule has 22 heavy (non-hydrogen) atoms. The Balaban J connectivity index is 1.55. The van der Waals surface area contributed by atoms with Crippen molar-refractivity contribution >= 4 is 5.91 Å². The van der Waals surface area contributed by atoms with Gasteiger partial charge in [-0.05, 0) is 43.3 Å². The lowest BCUT2D eigenvalue weighted by Crippen LogP contribution is -2.38. The number of amides is 1. The average molecular weight is 298 g/mol. The van der Waals surface area contributed by atoms with E-state index in [9.17, 15) is 4.79 Å². The van der Waals surface area contributed by atoms with Gasteiger partial charge in [0.1, 0.15) is 0 Å². The highest BCUT2D eigenvalue weighted by Crippen LogP contribution is 2.16. The number of fused-ring (bicyclic) bond motifs is 1. The summed E-state index contributed by atoms with van der Waals surface area (Å²) in [7, 11) is 2.07. The first-order valence-electron chi connectivity index (χ1n) is 7.71.